The van der Waals surface area contributed by atoms with Crippen LogP contribution in [-0.2, 0) is 9.59 Å². The van der Waals surface area contributed by atoms with Crippen LogP contribution in [0.25, 0.3) is 0 Å². The summed E-state index contributed by atoms with van der Waals surface area (Å²) in [6.45, 7) is 10.2. The van der Waals surface area contributed by atoms with Gasteiger partial charge in [0.1, 0.15) is 0 Å². The molecule has 1 fully saturated rings. The summed E-state index contributed by atoms with van der Waals surface area (Å²) in [4.78, 5) is 26.7. The van der Waals surface area contributed by atoms with E-state index in [0.29, 0.717) is 38.5 Å². The van der Waals surface area contributed by atoms with Crippen molar-refractivity contribution in [1.82, 2.24) is 15.1 Å². The summed E-state index contributed by atoms with van der Waals surface area (Å²) in [7, 11) is 0. The molecule has 1 aliphatic heterocycles. The zero-order valence-corrected chi connectivity index (χ0v) is 11.7. The highest BCUT2D eigenvalue weighted by atomic mass is 16.2. The minimum Gasteiger partial charge on any atom is -0.339 e. The molecule has 0 atom stereocenters. The molecule has 0 aliphatic carbocycles. The van der Waals surface area contributed by atoms with Gasteiger partial charge in [-0.25, -0.2) is 0 Å². The third-order valence-corrected chi connectivity index (χ3v) is 3.15. The lowest BCUT2D eigenvalue weighted by atomic mass is 10.2. The summed E-state index contributed by atoms with van der Waals surface area (Å²) in [6, 6.07) is 0. The first kappa shape index (κ1) is 15.0. The van der Waals surface area contributed by atoms with Gasteiger partial charge < -0.3 is 15.1 Å². The SMILES string of the molecule is CC(=O)N1CCN(C(=O)CCNCC(C)C)CC1. The monoisotopic (exact) mass is 255 g/mol. The normalized spacial score (nSPS) is 16.2. The third kappa shape index (κ3) is 5.04. The van der Waals surface area contributed by atoms with E-state index in [1.165, 1.54) is 0 Å². The van der Waals surface area contributed by atoms with E-state index in [9.17, 15) is 9.59 Å². The number of carbonyl (C=O) groups excluding carboxylic acids is 2. The van der Waals surface area contributed by atoms with Gasteiger partial charge >= 0.3 is 0 Å². The van der Waals surface area contributed by atoms with Crippen molar-refractivity contribution < 1.29 is 9.59 Å². The molecule has 1 heterocycles. The Morgan fingerprint density at radius 1 is 1.11 bits per heavy atom. The number of amides is 2. The zero-order valence-electron chi connectivity index (χ0n) is 11.7. The van der Waals surface area contributed by atoms with Crippen LogP contribution in [0.5, 0.6) is 0 Å². The summed E-state index contributed by atoms with van der Waals surface area (Å²) < 4.78 is 0. The van der Waals surface area contributed by atoms with E-state index >= 15 is 0 Å². The van der Waals surface area contributed by atoms with Gasteiger partial charge in [0.05, 0.1) is 0 Å². The molecule has 2 amide bonds. The van der Waals surface area contributed by atoms with Gasteiger partial charge in [0.25, 0.3) is 0 Å². The number of carbonyl (C=O) groups is 2. The molecule has 0 aromatic heterocycles. The van der Waals surface area contributed by atoms with Crippen molar-refractivity contribution in [2.45, 2.75) is 27.2 Å². The first-order valence-electron chi connectivity index (χ1n) is 6.74. The van der Waals surface area contributed by atoms with Gasteiger partial charge in [-0.2, -0.15) is 0 Å². The summed E-state index contributed by atoms with van der Waals surface area (Å²) in [5.41, 5.74) is 0. The maximum absolute atomic E-state index is 11.9. The number of nitrogens with one attached hydrogen (secondary N) is 1. The van der Waals surface area contributed by atoms with Gasteiger partial charge in [-0.15, -0.1) is 0 Å². The fourth-order valence-electron chi connectivity index (χ4n) is 2.01. The topological polar surface area (TPSA) is 52.7 Å². The molecule has 1 N–H and O–H groups in total. The van der Waals surface area contributed by atoms with Crippen LogP contribution in [0.3, 0.4) is 0 Å². The Bertz CT molecular complexity index is 284. The van der Waals surface area contributed by atoms with E-state index in [-0.39, 0.29) is 11.8 Å². The number of hydrogen-bond donors (Lipinski definition) is 1. The molecule has 1 rings (SSSR count). The molecule has 5 nitrogen and oxygen atoms in total. The Hall–Kier alpha value is -1.10. The fraction of sp³-hybridized carbons (Fsp3) is 0.846. The average Bonchev–Trinajstić information content (AvgIpc) is 2.34. The number of hydrogen-bond acceptors (Lipinski definition) is 3. The molecule has 0 unspecified atom stereocenters. The standard InChI is InChI=1S/C13H25N3O2/c1-11(2)10-14-5-4-13(18)16-8-6-15(7-9-16)12(3)17/h11,14H,4-10H2,1-3H3. The predicted molar refractivity (Wildman–Crippen MR) is 71.2 cm³/mol. The molecule has 0 spiro atoms. The van der Waals surface area contributed by atoms with Crippen LogP contribution in [0, 0.1) is 5.92 Å². The lowest BCUT2D eigenvalue weighted by molar-refractivity contribution is -0.138. The van der Waals surface area contributed by atoms with Gasteiger partial charge in [0.2, 0.25) is 11.8 Å². The van der Waals surface area contributed by atoms with Gasteiger partial charge in [0, 0.05) is 46.1 Å². The molecule has 0 aromatic rings. The van der Waals surface area contributed by atoms with Crippen LogP contribution in [0.15, 0.2) is 0 Å². The van der Waals surface area contributed by atoms with Crippen molar-refractivity contribution in [3.05, 3.63) is 0 Å². The smallest absolute Gasteiger partial charge is 0.223 e. The van der Waals surface area contributed by atoms with Crippen molar-refractivity contribution in [3.8, 4) is 0 Å². The molecular formula is C13H25N3O2. The minimum atomic E-state index is 0.0979. The molecule has 1 saturated heterocycles. The number of rotatable bonds is 5. The Morgan fingerprint density at radius 2 is 1.67 bits per heavy atom. The van der Waals surface area contributed by atoms with Gasteiger partial charge in [-0.1, -0.05) is 13.8 Å². The van der Waals surface area contributed by atoms with Crippen molar-refractivity contribution in [3.63, 3.8) is 0 Å². The fourth-order valence-corrected chi connectivity index (χ4v) is 2.01. The second-order valence-corrected chi connectivity index (χ2v) is 5.23. The van der Waals surface area contributed by atoms with E-state index in [1.807, 2.05) is 4.90 Å². The third-order valence-electron chi connectivity index (χ3n) is 3.15. The van der Waals surface area contributed by atoms with Crippen LogP contribution in [0.1, 0.15) is 27.2 Å². The van der Waals surface area contributed by atoms with Gasteiger partial charge in [-0.3, -0.25) is 9.59 Å². The molecule has 0 bridgehead atoms. The molecule has 0 saturated carbocycles. The summed E-state index contributed by atoms with van der Waals surface area (Å²) in [5, 5.41) is 3.27. The molecule has 0 radical (unpaired) electrons. The Labute approximate surface area is 110 Å². The molecule has 5 heteroatoms. The molecular weight excluding hydrogens is 230 g/mol. The lowest BCUT2D eigenvalue weighted by Gasteiger charge is -2.34. The average molecular weight is 255 g/mol. The molecule has 18 heavy (non-hydrogen) atoms. The quantitative estimate of drug-likeness (QED) is 0.720. The number of piperazine rings is 1. The highest BCUT2D eigenvalue weighted by Crippen LogP contribution is 2.03. The predicted octanol–water partition coefficient (Wildman–Crippen LogP) is 0.313. The summed E-state index contributed by atoms with van der Waals surface area (Å²) in [6.07, 6.45) is 0.548. The van der Waals surface area contributed by atoms with Crippen molar-refractivity contribution in [2.24, 2.45) is 5.92 Å². The summed E-state index contributed by atoms with van der Waals surface area (Å²) in [5.74, 6) is 0.898. The van der Waals surface area contributed by atoms with Gasteiger partial charge in [0.15, 0.2) is 0 Å². The Kier molecular flexibility index (Phi) is 6.12. The van der Waals surface area contributed by atoms with Crippen molar-refractivity contribution in [2.75, 3.05) is 39.3 Å². The maximum Gasteiger partial charge on any atom is 0.223 e. The van der Waals surface area contributed by atoms with E-state index in [1.54, 1.807) is 11.8 Å². The Balaban J connectivity index is 2.18. The molecule has 104 valence electrons. The minimum absolute atomic E-state index is 0.0979. The highest BCUT2D eigenvalue weighted by Gasteiger charge is 2.21. The molecule has 0 aromatic carbocycles. The summed E-state index contributed by atoms with van der Waals surface area (Å²) >= 11 is 0. The first-order valence-corrected chi connectivity index (χ1v) is 6.74. The second kappa shape index (κ2) is 7.36. The Morgan fingerprint density at radius 3 is 2.17 bits per heavy atom. The first-order chi connectivity index (χ1) is 8.50. The van der Waals surface area contributed by atoms with E-state index in [2.05, 4.69) is 19.2 Å². The molecule has 1 aliphatic rings. The van der Waals surface area contributed by atoms with E-state index in [4.69, 9.17) is 0 Å². The highest BCUT2D eigenvalue weighted by molar-refractivity contribution is 5.77. The van der Waals surface area contributed by atoms with E-state index in [0.717, 1.165) is 13.1 Å². The largest absolute Gasteiger partial charge is 0.339 e. The zero-order chi connectivity index (χ0) is 13.5. The van der Waals surface area contributed by atoms with Gasteiger partial charge in [-0.05, 0) is 12.5 Å². The van der Waals surface area contributed by atoms with Crippen LogP contribution >= 0.6 is 0 Å². The van der Waals surface area contributed by atoms with Crippen LogP contribution in [0.4, 0.5) is 0 Å². The van der Waals surface area contributed by atoms with Crippen LogP contribution in [-0.4, -0.2) is 60.9 Å². The number of nitrogens with zero attached hydrogens (tertiary/aromatic N) is 2. The van der Waals surface area contributed by atoms with Crippen molar-refractivity contribution >= 4 is 11.8 Å². The second-order valence-electron chi connectivity index (χ2n) is 5.23. The van der Waals surface area contributed by atoms with Crippen LogP contribution in [0.2, 0.25) is 0 Å². The van der Waals surface area contributed by atoms with Crippen molar-refractivity contribution in [1.29, 1.82) is 0 Å². The van der Waals surface area contributed by atoms with E-state index < -0.39 is 0 Å². The van der Waals surface area contributed by atoms with Crippen LogP contribution < -0.4 is 5.32 Å². The maximum atomic E-state index is 11.9. The lowest BCUT2D eigenvalue weighted by Crippen LogP contribution is -2.50.